The summed E-state index contributed by atoms with van der Waals surface area (Å²) in [6, 6.07) is -0.825. The van der Waals surface area contributed by atoms with Crippen LogP contribution in [-0.4, -0.2) is 82.8 Å². The van der Waals surface area contributed by atoms with Gasteiger partial charge < -0.3 is 24.4 Å². The Labute approximate surface area is 209 Å². The maximum absolute atomic E-state index is 14.0. The number of nitrogens with zero attached hydrogens (tertiary/aromatic N) is 2. The predicted molar refractivity (Wildman–Crippen MR) is 132 cm³/mol. The molecule has 5 atom stereocenters. The Bertz CT molecular complexity index is 815. The molecule has 3 rings (SSSR count). The van der Waals surface area contributed by atoms with Gasteiger partial charge in [0.2, 0.25) is 11.8 Å². The van der Waals surface area contributed by atoms with Crippen molar-refractivity contribution in [3.63, 3.8) is 0 Å². The lowest BCUT2D eigenvalue weighted by Gasteiger charge is -2.36. The van der Waals surface area contributed by atoms with E-state index in [0.29, 0.717) is 38.8 Å². The SMILES string of the molecule is C=CCCCOC(=O)[C@H]1[C@H]2C(=O)N(CCCO)C(C(=O)N(CC=C)CCCCC)C23CC[C@]1(C)O3. The summed E-state index contributed by atoms with van der Waals surface area (Å²) >= 11 is 0. The van der Waals surface area contributed by atoms with Gasteiger partial charge >= 0.3 is 5.97 Å². The van der Waals surface area contributed by atoms with Crippen LogP contribution in [0.2, 0.25) is 0 Å². The Morgan fingerprint density at radius 3 is 2.66 bits per heavy atom. The fourth-order valence-corrected chi connectivity index (χ4v) is 6.21. The van der Waals surface area contributed by atoms with Gasteiger partial charge in [-0.25, -0.2) is 0 Å². The van der Waals surface area contributed by atoms with E-state index in [4.69, 9.17) is 9.47 Å². The quantitative estimate of drug-likeness (QED) is 0.215. The van der Waals surface area contributed by atoms with Gasteiger partial charge in [0.1, 0.15) is 17.6 Å². The van der Waals surface area contributed by atoms with Crippen molar-refractivity contribution in [3.8, 4) is 0 Å². The minimum Gasteiger partial charge on any atom is -0.465 e. The first-order valence-corrected chi connectivity index (χ1v) is 13.1. The second kappa shape index (κ2) is 11.7. The predicted octanol–water partition coefficient (Wildman–Crippen LogP) is 2.85. The number of carbonyl (C=O) groups is 3. The molecule has 3 saturated heterocycles. The molecular weight excluding hydrogens is 448 g/mol. The normalized spacial score (nSPS) is 30.9. The number of esters is 1. The van der Waals surface area contributed by atoms with Crippen molar-refractivity contribution < 1.29 is 29.0 Å². The fourth-order valence-electron chi connectivity index (χ4n) is 6.21. The Hall–Kier alpha value is -2.19. The summed E-state index contributed by atoms with van der Waals surface area (Å²) in [7, 11) is 0. The van der Waals surface area contributed by atoms with Gasteiger partial charge in [-0.1, -0.05) is 31.9 Å². The average molecular weight is 491 g/mol. The minimum atomic E-state index is -1.06. The molecule has 35 heavy (non-hydrogen) atoms. The van der Waals surface area contributed by atoms with Crippen molar-refractivity contribution in [2.24, 2.45) is 11.8 Å². The van der Waals surface area contributed by atoms with Crippen molar-refractivity contribution in [2.75, 3.05) is 32.8 Å². The Balaban J connectivity index is 1.93. The van der Waals surface area contributed by atoms with Gasteiger partial charge in [0.25, 0.3) is 0 Å². The minimum absolute atomic E-state index is 0.0947. The van der Waals surface area contributed by atoms with Crippen molar-refractivity contribution in [3.05, 3.63) is 25.3 Å². The summed E-state index contributed by atoms with van der Waals surface area (Å²) in [5, 5.41) is 9.47. The van der Waals surface area contributed by atoms with Crippen LogP contribution < -0.4 is 0 Å². The van der Waals surface area contributed by atoms with E-state index in [0.717, 1.165) is 25.7 Å². The molecule has 8 heteroatoms. The van der Waals surface area contributed by atoms with E-state index in [1.54, 1.807) is 22.0 Å². The van der Waals surface area contributed by atoms with Crippen molar-refractivity contribution in [1.82, 2.24) is 9.80 Å². The zero-order valence-electron chi connectivity index (χ0n) is 21.4. The number of amides is 2. The number of fused-ring (bicyclic) bond motifs is 1. The zero-order valence-corrected chi connectivity index (χ0v) is 21.4. The third kappa shape index (κ3) is 5.05. The average Bonchev–Trinajstić information content (AvgIpc) is 3.40. The maximum atomic E-state index is 14.0. The van der Waals surface area contributed by atoms with Crippen LogP contribution in [0.5, 0.6) is 0 Å². The molecule has 0 aromatic carbocycles. The van der Waals surface area contributed by atoms with Crippen LogP contribution >= 0.6 is 0 Å². The van der Waals surface area contributed by atoms with Gasteiger partial charge in [-0.05, 0) is 45.4 Å². The first kappa shape index (κ1) is 27.4. The molecule has 2 amide bonds. The number of carbonyl (C=O) groups excluding carboxylic acids is 3. The van der Waals surface area contributed by atoms with E-state index in [-0.39, 0.29) is 31.6 Å². The molecule has 1 spiro atoms. The van der Waals surface area contributed by atoms with Crippen LogP contribution in [0, 0.1) is 11.8 Å². The van der Waals surface area contributed by atoms with E-state index in [9.17, 15) is 19.5 Å². The molecule has 0 aliphatic carbocycles. The summed E-state index contributed by atoms with van der Waals surface area (Å²) in [6.07, 6.45) is 9.24. The molecule has 1 N–H and O–H groups in total. The lowest BCUT2D eigenvalue weighted by molar-refractivity contribution is -0.160. The topological polar surface area (TPSA) is 96.4 Å². The standard InChI is InChI=1S/C27H42N2O6/c1-5-8-10-16-28(15-7-3)24(32)22-27-14-13-26(4,35-27)21(25(33)34-19-11-9-6-2)20(27)23(31)29(22)17-12-18-30/h6-7,20-22,30H,2-3,5,8-19H2,1,4H3/t20-,21+,22?,26-,27?/m0/s1. The molecule has 3 aliphatic rings. The number of ether oxygens (including phenoxy) is 2. The lowest BCUT2D eigenvalue weighted by atomic mass is 9.66. The first-order chi connectivity index (χ1) is 16.8. The maximum Gasteiger partial charge on any atom is 0.312 e. The molecule has 0 saturated carbocycles. The van der Waals surface area contributed by atoms with E-state index < -0.39 is 35.0 Å². The van der Waals surface area contributed by atoms with Crippen molar-refractivity contribution >= 4 is 17.8 Å². The molecule has 0 aromatic rings. The Morgan fingerprint density at radius 1 is 1.23 bits per heavy atom. The van der Waals surface area contributed by atoms with Crippen molar-refractivity contribution in [2.45, 2.75) is 82.5 Å². The lowest BCUT2D eigenvalue weighted by Crippen LogP contribution is -2.56. The van der Waals surface area contributed by atoms with Gasteiger partial charge in [-0.3, -0.25) is 14.4 Å². The summed E-state index contributed by atoms with van der Waals surface area (Å²) in [4.78, 5) is 44.4. The summed E-state index contributed by atoms with van der Waals surface area (Å²) in [6.45, 7) is 12.8. The third-order valence-corrected chi connectivity index (χ3v) is 7.81. The van der Waals surface area contributed by atoms with E-state index >= 15 is 0 Å². The number of rotatable bonds is 15. The van der Waals surface area contributed by atoms with Crippen LogP contribution in [0.4, 0.5) is 0 Å². The smallest absolute Gasteiger partial charge is 0.312 e. The number of allylic oxidation sites excluding steroid dienone is 1. The van der Waals surface area contributed by atoms with Crippen LogP contribution in [-0.2, 0) is 23.9 Å². The van der Waals surface area contributed by atoms with Crippen molar-refractivity contribution in [1.29, 1.82) is 0 Å². The highest BCUT2D eigenvalue weighted by Gasteiger charge is 2.78. The van der Waals surface area contributed by atoms with Crippen LogP contribution in [0.1, 0.15) is 65.2 Å². The van der Waals surface area contributed by atoms with E-state index in [2.05, 4.69) is 20.1 Å². The number of hydrogen-bond donors (Lipinski definition) is 1. The Morgan fingerprint density at radius 2 is 2.00 bits per heavy atom. The van der Waals surface area contributed by atoms with Gasteiger partial charge in [-0.15, -0.1) is 13.2 Å². The molecule has 0 radical (unpaired) electrons. The Kier molecular flexibility index (Phi) is 9.16. The molecule has 0 aromatic heterocycles. The molecule has 2 bridgehead atoms. The molecule has 3 fully saturated rings. The van der Waals surface area contributed by atoms with Crippen LogP contribution in [0.25, 0.3) is 0 Å². The number of likely N-dealkylation sites (tertiary alicyclic amines) is 1. The molecule has 2 unspecified atom stereocenters. The molecule has 3 aliphatic heterocycles. The highest BCUT2D eigenvalue weighted by Crippen LogP contribution is 2.63. The number of hydrogen-bond acceptors (Lipinski definition) is 6. The molecule has 196 valence electrons. The van der Waals surface area contributed by atoms with Gasteiger partial charge in [0.05, 0.1) is 18.1 Å². The van der Waals surface area contributed by atoms with Gasteiger partial charge in [-0.2, -0.15) is 0 Å². The largest absolute Gasteiger partial charge is 0.465 e. The number of aliphatic hydroxyl groups excluding tert-OH is 1. The highest BCUT2D eigenvalue weighted by atomic mass is 16.6. The van der Waals surface area contributed by atoms with E-state index in [1.807, 2.05) is 6.92 Å². The molecule has 8 nitrogen and oxygen atoms in total. The molecular formula is C27H42N2O6. The van der Waals surface area contributed by atoms with Crippen LogP contribution in [0.15, 0.2) is 25.3 Å². The number of aliphatic hydroxyl groups is 1. The zero-order chi connectivity index (χ0) is 25.6. The van der Waals surface area contributed by atoms with E-state index in [1.165, 1.54) is 0 Å². The third-order valence-electron chi connectivity index (χ3n) is 7.81. The van der Waals surface area contributed by atoms with Gasteiger partial charge in [0, 0.05) is 26.2 Å². The summed E-state index contributed by atoms with van der Waals surface area (Å²) in [5.74, 6) is -2.37. The summed E-state index contributed by atoms with van der Waals surface area (Å²) < 4.78 is 12.2. The fraction of sp³-hybridized carbons (Fsp3) is 0.741. The van der Waals surface area contributed by atoms with Crippen LogP contribution in [0.3, 0.4) is 0 Å². The number of unbranched alkanes of at least 4 members (excludes halogenated alkanes) is 3. The second-order valence-electron chi connectivity index (χ2n) is 10.2. The molecule has 3 heterocycles. The monoisotopic (exact) mass is 490 g/mol. The second-order valence-corrected chi connectivity index (χ2v) is 10.2. The first-order valence-electron chi connectivity index (χ1n) is 13.1. The van der Waals surface area contributed by atoms with Gasteiger partial charge in [0.15, 0.2) is 0 Å². The summed E-state index contributed by atoms with van der Waals surface area (Å²) in [5.41, 5.74) is -1.91. The highest BCUT2D eigenvalue weighted by molar-refractivity contribution is 5.98.